The number of likely N-dealkylation sites (tertiary alicyclic amines) is 1. The molecule has 4 aromatic rings. The second-order valence-corrected chi connectivity index (χ2v) is 13.4. The first-order valence-corrected chi connectivity index (χ1v) is 17.3. The van der Waals surface area contributed by atoms with E-state index in [-0.39, 0.29) is 11.8 Å². The lowest BCUT2D eigenvalue weighted by Crippen LogP contribution is -2.46. The summed E-state index contributed by atoms with van der Waals surface area (Å²) < 4.78 is 7.58. The van der Waals surface area contributed by atoms with Crippen LogP contribution in [0.1, 0.15) is 40.7 Å². The van der Waals surface area contributed by atoms with Gasteiger partial charge in [-0.15, -0.1) is 0 Å². The largest absolute Gasteiger partial charge is 0.496 e. The number of hydrogen-bond acceptors (Lipinski definition) is 8. The van der Waals surface area contributed by atoms with E-state index in [2.05, 4.69) is 51.2 Å². The van der Waals surface area contributed by atoms with Gasteiger partial charge in [0.15, 0.2) is 0 Å². The maximum Gasteiger partial charge on any atom is 0.253 e. The third-order valence-electron chi connectivity index (χ3n) is 10.7. The van der Waals surface area contributed by atoms with Gasteiger partial charge in [0.1, 0.15) is 5.75 Å². The van der Waals surface area contributed by atoms with Crippen LogP contribution in [0.3, 0.4) is 0 Å². The number of nitrogens with one attached hydrogen (secondary N) is 1. The molecular formula is C39H44N8O3. The zero-order chi connectivity index (χ0) is 34.7. The molecule has 3 fully saturated rings. The summed E-state index contributed by atoms with van der Waals surface area (Å²) in [6, 6.07) is 22.2. The Hall–Kier alpha value is -5.42. The Morgan fingerprint density at radius 2 is 1.58 bits per heavy atom. The number of hydrogen-bond donors (Lipinski definition) is 2. The van der Waals surface area contributed by atoms with Gasteiger partial charge in [-0.05, 0) is 73.4 Å². The Morgan fingerprint density at radius 3 is 2.22 bits per heavy atom. The molecule has 3 aliphatic rings. The normalized spacial score (nSPS) is 18.1. The lowest BCUT2D eigenvalue weighted by Gasteiger charge is -2.38. The van der Waals surface area contributed by atoms with Crippen LogP contribution in [0.4, 0.5) is 11.4 Å². The lowest BCUT2D eigenvalue weighted by molar-refractivity contribution is -0.127. The second-order valence-electron chi connectivity index (χ2n) is 13.4. The van der Waals surface area contributed by atoms with Crippen molar-refractivity contribution in [2.75, 3.05) is 62.7 Å². The molecule has 0 saturated carbocycles. The third kappa shape index (κ3) is 6.48. The molecule has 11 nitrogen and oxygen atoms in total. The summed E-state index contributed by atoms with van der Waals surface area (Å²) in [6.45, 7) is 6.49. The van der Waals surface area contributed by atoms with Crippen molar-refractivity contribution >= 4 is 35.0 Å². The number of amides is 2. The van der Waals surface area contributed by atoms with Crippen LogP contribution in [0.15, 0.2) is 91.7 Å². The lowest BCUT2D eigenvalue weighted by atomic mass is 9.77. The number of piperidine rings is 1. The maximum absolute atomic E-state index is 13.8. The summed E-state index contributed by atoms with van der Waals surface area (Å²) in [4.78, 5) is 40.1. The van der Waals surface area contributed by atoms with E-state index < -0.39 is 5.41 Å². The topological polar surface area (TPSA) is 124 Å². The van der Waals surface area contributed by atoms with Crippen LogP contribution in [0.25, 0.3) is 11.3 Å². The highest BCUT2D eigenvalue weighted by atomic mass is 16.5. The fraction of sp³-hybridized carbons (Fsp3) is 0.333. The molecule has 3 N–H and O–H groups in total. The number of aromatic nitrogens is 2. The zero-order valence-electron chi connectivity index (χ0n) is 28.5. The molecule has 1 aromatic heterocycles. The van der Waals surface area contributed by atoms with Crippen LogP contribution in [-0.2, 0) is 11.3 Å². The number of carbonyl (C=O) groups is 2. The monoisotopic (exact) mass is 672 g/mol. The summed E-state index contributed by atoms with van der Waals surface area (Å²) in [5.41, 5.74) is 11.5. The van der Waals surface area contributed by atoms with Gasteiger partial charge in [-0.1, -0.05) is 12.1 Å². The van der Waals surface area contributed by atoms with Crippen molar-refractivity contribution < 1.29 is 14.3 Å². The van der Waals surface area contributed by atoms with Gasteiger partial charge in [0, 0.05) is 117 Å². The molecule has 258 valence electrons. The van der Waals surface area contributed by atoms with Crippen LogP contribution < -0.4 is 20.3 Å². The van der Waals surface area contributed by atoms with E-state index >= 15 is 0 Å². The molecule has 0 unspecified atom stereocenters. The van der Waals surface area contributed by atoms with E-state index in [0.717, 1.165) is 56.2 Å². The predicted molar refractivity (Wildman–Crippen MR) is 196 cm³/mol. The van der Waals surface area contributed by atoms with Crippen molar-refractivity contribution in [2.45, 2.75) is 25.8 Å². The number of imidazole rings is 1. The SMILES string of the molecule is COc1cc(N2CCC3(CCN(C(=O)c4ccc(N5CCN(Cc6ccc(-n7ccnc7)cc6)CC5)cc4)CC3)C2=O)ccc1/C(C=N)=C/N. The molecule has 2 amide bonds. The van der Waals surface area contributed by atoms with Crippen LogP contribution in [-0.4, -0.2) is 90.3 Å². The first kappa shape index (κ1) is 33.1. The molecule has 11 heteroatoms. The van der Waals surface area contributed by atoms with E-state index in [1.54, 1.807) is 13.3 Å². The molecular weight excluding hydrogens is 628 g/mol. The van der Waals surface area contributed by atoms with Crippen LogP contribution >= 0.6 is 0 Å². The van der Waals surface area contributed by atoms with Crippen LogP contribution in [0, 0.1) is 10.8 Å². The molecule has 7 rings (SSSR count). The predicted octanol–water partition coefficient (Wildman–Crippen LogP) is 4.81. The van der Waals surface area contributed by atoms with Crippen molar-refractivity contribution in [2.24, 2.45) is 11.1 Å². The first-order valence-electron chi connectivity index (χ1n) is 17.3. The summed E-state index contributed by atoms with van der Waals surface area (Å²) >= 11 is 0. The van der Waals surface area contributed by atoms with E-state index in [4.69, 9.17) is 15.9 Å². The van der Waals surface area contributed by atoms with E-state index in [1.165, 1.54) is 18.0 Å². The molecule has 50 heavy (non-hydrogen) atoms. The number of methoxy groups -OCH3 is 1. The van der Waals surface area contributed by atoms with Crippen molar-refractivity contribution in [3.8, 4) is 11.4 Å². The molecule has 0 aliphatic carbocycles. The van der Waals surface area contributed by atoms with Gasteiger partial charge in [-0.25, -0.2) is 4.98 Å². The van der Waals surface area contributed by atoms with Gasteiger partial charge in [0.05, 0.1) is 18.9 Å². The summed E-state index contributed by atoms with van der Waals surface area (Å²) in [5, 5.41) is 7.63. The number of nitrogens with zero attached hydrogens (tertiary/aromatic N) is 6. The molecule has 3 aromatic carbocycles. The van der Waals surface area contributed by atoms with E-state index in [1.807, 2.05) is 57.2 Å². The summed E-state index contributed by atoms with van der Waals surface area (Å²) in [5.74, 6) is 0.691. The highest BCUT2D eigenvalue weighted by Gasteiger charge is 2.49. The highest BCUT2D eigenvalue weighted by Crippen LogP contribution is 2.44. The average molecular weight is 673 g/mol. The number of rotatable bonds is 9. The van der Waals surface area contributed by atoms with Gasteiger partial charge in [-0.3, -0.25) is 14.5 Å². The first-order chi connectivity index (χ1) is 24.4. The summed E-state index contributed by atoms with van der Waals surface area (Å²) in [7, 11) is 1.57. The van der Waals surface area contributed by atoms with Gasteiger partial charge >= 0.3 is 0 Å². The smallest absolute Gasteiger partial charge is 0.253 e. The van der Waals surface area contributed by atoms with Gasteiger partial charge in [0.2, 0.25) is 5.91 Å². The van der Waals surface area contributed by atoms with Gasteiger partial charge in [-0.2, -0.15) is 0 Å². The highest BCUT2D eigenvalue weighted by molar-refractivity contribution is 6.09. The molecule has 1 spiro atoms. The minimum absolute atomic E-state index is 0.0212. The molecule has 0 radical (unpaired) electrons. The second kappa shape index (κ2) is 14.2. The Labute approximate surface area is 293 Å². The average Bonchev–Trinajstić information content (AvgIpc) is 3.82. The number of anilines is 2. The van der Waals surface area contributed by atoms with Crippen molar-refractivity contribution in [1.29, 1.82) is 5.41 Å². The zero-order valence-corrected chi connectivity index (χ0v) is 28.5. The Balaban J connectivity index is 0.905. The molecule has 0 bridgehead atoms. The fourth-order valence-electron chi connectivity index (χ4n) is 7.58. The fourth-order valence-corrected chi connectivity index (χ4v) is 7.58. The minimum Gasteiger partial charge on any atom is -0.496 e. The van der Waals surface area contributed by atoms with Crippen molar-refractivity contribution in [3.63, 3.8) is 0 Å². The van der Waals surface area contributed by atoms with E-state index in [0.29, 0.717) is 54.9 Å². The molecule has 4 heterocycles. The van der Waals surface area contributed by atoms with E-state index in [9.17, 15) is 9.59 Å². The number of benzene rings is 3. The minimum atomic E-state index is -0.462. The Kier molecular flexibility index (Phi) is 9.40. The molecule has 0 atom stereocenters. The van der Waals surface area contributed by atoms with Crippen molar-refractivity contribution in [3.05, 3.63) is 108 Å². The van der Waals surface area contributed by atoms with Crippen LogP contribution in [0.5, 0.6) is 5.75 Å². The standard InChI is InChI=1S/C39H44N8O3/c1-50-36-24-34(10-11-35(36)31(25-40)26-41)47-18-14-39(38(47)49)12-16-45(17-13-39)37(48)30-4-8-32(9-5-30)44-22-20-43(21-23-44)27-29-2-6-33(7-3-29)46-19-15-42-28-46/h2-11,15,19,24-26,28,40H,12-14,16-18,20-23,27,41H2,1H3/b31-26+,40-25?. The maximum atomic E-state index is 13.8. The van der Waals surface area contributed by atoms with Gasteiger partial charge < -0.3 is 35.1 Å². The molecule has 3 aliphatic heterocycles. The summed E-state index contributed by atoms with van der Waals surface area (Å²) in [6.07, 6.45) is 10.2. The number of carbonyl (C=O) groups excluding carboxylic acids is 2. The molecule has 3 saturated heterocycles. The third-order valence-corrected chi connectivity index (χ3v) is 10.7. The van der Waals surface area contributed by atoms with Crippen molar-refractivity contribution in [1.82, 2.24) is 19.4 Å². The van der Waals surface area contributed by atoms with Crippen LogP contribution in [0.2, 0.25) is 0 Å². The number of ether oxygens (including phenoxy) is 1. The quantitative estimate of drug-likeness (QED) is 0.245. The number of allylic oxidation sites excluding steroid dienone is 1. The van der Waals surface area contributed by atoms with Gasteiger partial charge in [0.25, 0.3) is 5.91 Å². The Morgan fingerprint density at radius 1 is 0.900 bits per heavy atom. The number of piperazine rings is 1. The Bertz CT molecular complexity index is 1850. The number of nitrogens with two attached hydrogens (primary N) is 1.